The minimum Gasteiger partial charge on any atom is -0.483 e. The van der Waals surface area contributed by atoms with Crippen molar-refractivity contribution in [3.8, 4) is 0 Å². The number of benzene rings is 1. The van der Waals surface area contributed by atoms with Gasteiger partial charge in [0.15, 0.2) is 0 Å². The number of nitrogens with zero attached hydrogens (tertiary/aromatic N) is 4. The van der Waals surface area contributed by atoms with E-state index in [1.807, 2.05) is 36.5 Å². The van der Waals surface area contributed by atoms with E-state index >= 15 is 0 Å². The fraction of sp³-hybridized carbons (Fsp3) is 0.333. The van der Waals surface area contributed by atoms with Crippen LogP contribution in [0.5, 0.6) is 0 Å². The average Bonchev–Trinajstić information content (AvgIpc) is 3.43. The number of hydrogen-bond acceptors (Lipinski definition) is 5. The Bertz CT molecular complexity index is 1090. The first kappa shape index (κ1) is 23.4. The number of rotatable bonds is 5. The largest absolute Gasteiger partial charge is 0.483 e. The molecule has 7 heteroatoms. The van der Waals surface area contributed by atoms with E-state index in [1.54, 1.807) is 6.20 Å². The standard InChI is InChI=1S/C26H28N4O.CH2O2/c1-19-8-2-3-10-22(19)26-23-18-29(24-11-5-7-15-28-24)16-20(23)17-30(26)25(31)13-12-21-9-4-6-14-27-21;2-1-3/h2-11,14-15,20,23,26H,12-13,16-18H2,1H3;1H,(H,2,3)/t20-,23-,26+;/m0./s1. The molecule has 7 nitrogen and oxygen atoms in total. The minimum atomic E-state index is -0.250. The van der Waals surface area contributed by atoms with Crippen LogP contribution in [0.4, 0.5) is 5.82 Å². The molecule has 2 aromatic heterocycles. The molecular formula is C27H30N4O3. The van der Waals surface area contributed by atoms with Crippen molar-refractivity contribution in [2.24, 2.45) is 11.8 Å². The van der Waals surface area contributed by atoms with Gasteiger partial charge in [-0.05, 0) is 48.7 Å². The fourth-order valence-electron chi connectivity index (χ4n) is 5.27. The molecular weight excluding hydrogens is 428 g/mol. The maximum Gasteiger partial charge on any atom is 0.290 e. The third-order valence-corrected chi connectivity index (χ3v) is 6.79. The molecule has 1 amide bonds. The number of likely N-dealkylation sites (tertiary alicyclic amines) is 1. The third kappa shape index (κ3) is 5.09. The molecule has 4 heterocycles. The van der Waals surface area contributed by atoms with Crippen LogP contribution in [0.2, 0.25) is 0 Å². The van der Waals surface area contributed by atoms with Gasteiger partial charge in [-0.2, -0.15) is 0 Å². The summed E-state index contributed by atoms with van der Waals surface area (Å²) in [6.45, 7) is 4.61. The zero-order chi connectivity index (χ0) is 23.9. The van der Waals surface area contributed by atoms with Crippen molar-refractivity contribution < 1.29 is 14.7 Å². The normalized spacial score (nSPS) is 20.9. The van der Waals surface area contributed by atoms with Crippen molar-refractivity contribution in [2.75, 3.05) is 24.5 Å². The van der Waals surface area contributed by atoms with E-state index in [1.165, 1.54) is 11.1 Å². The first-order valence-corrected chi connectivity index (χ1v) is 11.6. The molecule has 0 saturated carbocycles. The smallest absolute Gasteiger partial charge is 0.290 e. The van der Waals surface area contributed by atoms with Crippen molar-refractivity contribution in [3.63, 3.8) is 0 Å². The van der Waals surface area contributed by atoms with Gasteiger partial charge in [0.2, 0.25) is 5.91 Å². The third-order valence-electron chi connectivity index (χ3n) is 6.79. The lowest BCUT2D eigenvalue weighted by molar-refractivity contribution is -0.132. The number of carbonyl (C=O) groups is 2. The monoisotopic (exact) mass is 458 g/mol. The van der Waals surface area contributed by atoms with E-state index in [-0.39, 0.29) is 18.4 Å². The summed E-state index contributed by atoms with van der Waals surface area (Å²) in [6.07, 6.45) is 4.84. The number of pyridine rings is 2. The lowest BCUT2D eigenvalue weighted by Gasteiger charge is -2.31. The quantitative estimate of drug-likeness (QED) is 0.586. The Balaban J connectivity index is 0.000000868. The maximum atomic E-state index is 13.4. The Hall–Kier alpha value is -3.74. The summed E-state index contributed by atoms with van der Waals surface area (Å²) in [7, 11) is 0. The molecule has 5 rings (SSSR count). The Kier molecular flexibility index (Phi) is 7.52. The van der Waals surface area contributed by atoms with Gasteiger partial charge in [-0.25, -0.2) is 4.98 Å². The highest BCUT2D eigenvalue weighted by atomic mass is 16.3. The van der Waals surface area contributed by atoms with Crippen molar-refractivity contribution in [2.45, 2.75) is 25.8 Å². The number of carbonyl (C=O) groups excluding carboxylic acids is 1. The van der Waals surface area contributed by atoms with Crippen LogP contribution in [0, 0.1) is 18.8 Å². The number of amides is 1. The van der Waals surface area contributed by atoms with Crippen LogP contribution in [0.15, 0.2) is 73.1 Å². The van der Waals surface area contributed by atoms with Gasteiger partial charge in [0.05, 0.1) is 6.04 Å². The molecule has 0 bridgehead atoms. The van der Waals surface area contributed by atoms with Crippen LogP contribution in [0.25, 0.3) is 0 Å². The molecule has 0 radical (unpaired) electrons. The van der Waals surface area contributed by atoms with E-state index in [9.17, 15) is 4.79 Å². The SMILES string of the molecule is Cc1ccccc1[C@@H]1[C@H]2CN(c3ccccn3)C[C@H]2CN1C(=O)CCc1ccccn1.O=CO. The molecule has 176 valence electrons. The van der Waals surface area contributed by atoms with Crippen molar-refractivity contribution >= 4 is 18.2 Å². The second-order valence-corrected chi connectivity index (χ2v) is 8.79. The lowest BCUT2D eigenvalue weighted by Crippen LogP contribution is -2.36. The number of hydrogen-bond donors (Lipinski definition) is 1. The zero-order valence-electron chi connectivity index (χ0n) is 19.3. The molecule has 0 aliphatic carbocycles. The lowest BCUT2D eigenvalue weighted by atomic mass is 9.87. The summed E-state index contributed by atoms with van der Waals surface area (Å²) in [5.74, 6) is 2.15. The summed E-state index contributed by atoms with van der Waals surface area (Å²) < 4.78 is 0. The molecule has 1 N–H and O–H groups in total. The summed E-state index contributed by atoms with van der Waals surface area (Å²) in [5.41, 5.74) is 3.51. The molecule has 2 aliphatic heterocycles. The highest BCUT2D eigenvalue weighted by molar-refractivity contribution is 5.77. The second kappa shape index (κ2) is 10.9. The number of carboxylic acid groups (broad SMARTS) is 1. The van der Waals surface area contributed by atoms with Gasteiger partial charge < -0.3 is 14.9 Å². The molecule has 0 spiro atoms. The number of anilines is 1. The predicted octanol–water partition coefficient (Wildman–Crippen LogP) is 3.75. The molecule has 2 aliphatic rings. The first-order valence-electron chi connectivity index (χ1n) is 11.6. The van der Waals surface area contributed by atoms with E-state index in [2.05, 4.69) is 57.0 Å². The Morgan fingerprint density at radius 3 is 2.38 bits per heavy atom. The number of aryl methyl sites for hydroxylation is 2. The van der Waals surface area contributed by atoms with Crippen molar-refractivity contribution in [1.29, 1.82) is 0 Å². The number of fused-ring (bicyclic) bond motifs is 1. The van der Waals surface area contributed by atoms with Crippen LogP contribution >= 0.6 is 0 Å². The predicted molar refractivity (Wildman–Crippen MR) is 130 cm³/mol. The summed E-state index contributed by atoms with van der Waals surface area (Å²) >= 11 is 0. The Labute approximate surface area is 200 Å². The average molecular weight is 459 g/mol. The van der Waals surface area contributed by atoms with Crippen LogP contribution in [0.3, 0.4) is 0 Å². The minimum absolute atomic E-state index is 0.121. The van der Waals surface area contributed by atoms with Gasteiger partial charge in [-0.15, -0.1) is 0 Å². The molecule has 2 saturated heterocycles. The number of aromatic nitrogens is 2. The van der Waals surface area contributed by atoms with Crippen LogP contribution in [0.1, 0.15) is 29.3 Å². The van der Waals surface area contributed by atoms with E-state index in [4.69, 9.17) is 9.90 Å². The molecule has 3 atom stereocenters. The Morgan fingerprint density at radius 1 is 1.00 bits per heavy atom. The van der Waals surface area contributed by atoms with E-state index in [0.717, 1.165) is 31.1 Å². The molecule has 1 aromatic carbocycles. The Morgan fingerprint density at radius 2 is 1.71 bits per heavy atom. The second-order valence-electron chi connectivity index (χ2n) is 8.79. The topological polar surface area (TPSA) is 86.6 Å². The van der Waals surface area contributed by atoms with Crippen LogP contribution in [-0.4, -0.2) is 52.0 Å². The first-order chi connectivity index (χ1) is 16.6. The highest BCUT2D eigenvalue weighted by Gasteiger charge is 2.49. The molecule has 2 fully saturated rings. The van der Waals surface area contributed by atoms with Gasteiger partial charge in [0.25, 0.3) is 6.47 Å². The van der Waals surface area contributed by atoms with Crippen LogP contribution in [-0.2, 0) is 16.0 Å². The van der Waals surface area contributed by atoms with Gasteiger partial charge in [-0.1, -0.05) is 36.4 Å². The van der Waals surface area contributed by atoms with Gasteiger partial charge in [-0.3, -0.25) is 14.6 Å². The highest BCUT2D eigenvalue weighted by Crippen LogP contribution is 2.46. The molecule has 0 unspecified atom stereocenters. The fourth-order valence-corrected chi connectivity index (χ4v) is 5.27. The van der Waals surface area contributed by atoms with Crippen molar-refractivity contribution in [3.05, 3.63) is 89.9 Å². The zero-order valence-corrected chi connectivity index (χ0v) is 19.3. The van der Waals surface area contributed by atoms with Gasteiger partial charge >= 0.3 is 0 Å². The van der Waals surface area contributed by atoms with Gasteiger partial charge in [0, 0.05) is 56.0 Å². The molecule has 3 aromatic rings. The molecule has 34 heavy (non-hydrogen) atoms. The summed E-state index contributed by atoms with van der Waals surface area (Å²) in [4.78, 5) is 35.2. The van der Waals surface area contributed by atoms with E-state index < -0.39 is 0 Å². The maximum absolute atomic E-state index is 13.4. The van der Waals surface area contributed by atoms with Crippen molar-refractivity contribution in [1.82, 2.24) is 14.9 Å². The summed E-state index contributed by atoms with van der Waals surface area (Å²) in [6, 6.07) is 20.6. The van der Waals surface area contributed by atoms with Gasteiger partial charge in [0.1, 0.15) is 5.82 Å². The van der Waals surface area contributed by atoms with E-state index in [0.29, 0.717) is 24.7 Å². The van der Waals surface area contributed by atoms with Crippen LogP contribution < -0.4 is 4.90 Å². The summed E-state index contributed by atoms with van der Waals surface area (Å²) in [5, 5.41) is 6.89.